The van der Waals surface area contributed by atoms with Gasteiger partial charge in [-0.3, -0.25) is 9.59 Å². The minimum Gasteiger partial charge on any atom is -0.478 e. The average molecular weight is 293 g/mol. The third-order valence-electron chi connectivity index (χ3n) is 2.47. The molecule has 1 amide bonds. The summed E-state index contributed by atoms with van der Waals surface area (Å²) in [6.45, 7) is 0. The SMILES string of the molecule is O=C(Nc1ccc(Cl)cc1C(=O)O)c1cccc(=O)[nH]1. The summed E-state index contributed by atoms with van der Waals surface area (Å²) in [6.07, 6.45) is 0. The molecule has 2 rings (SSSR count). The Balaban J connectivity index is 2.33. The molecule has 3 N–H and O–H groups in total. The van der Waals surface area contributed by atoms with Crippen molar-refractivity contribution < 1.29 is 14.7 Å². The van der Waals surface area contributed by atoms with Gasteiger partial charge >= 0.3 is 5.97 Å². The topological polar surface area (TPSA) is 99.3 Å². The van der Waals surface area contributed by atoms with Crippen molar-refractivity contribution in [2.45, 2.75) is 0 Å². The molecule has 0 fully saturated rings. The van der Waals surface area contributed by atoms with Crippen molar-refractivity contribution in [3.8, 4) is 0 Å². The maximum absolute atomic E-state index is 11.9. The number of amides is 1. The number of hydrogen-bond donors (Lipinski definition) is 3. The highest BCUT2D eigenvalue weighted by Crippen LogP contribution is 2.21. The third-order valence-corrected chi connectivity index (χ3v) is 2.71. The number of hydrogen-bond acceptors (Lipinski definition) is 3. The van der Waals surface area contributed by atoms with Crippen molar-refractivity contribution in [2.75, 3.05) is 5.32 Å². The van der Waals surface area contributed by atoms with Crippen LogP contribution < -0.4 is 10.9 Å². The fourth-order valence-corrected chi connectivity index (χ4v) is 1.74. The molecule has 0 atom stereocenters. The molecule has 0 aliphatic carbocycles. The van der Waals surface area contributed by atoms with Crippen molar-refractivity contribution in [3.63, 3.8) is 0 Å². The van der Waals surface area contributed by atoms with Gasteiger partial charge in [-0.15, -0.1) is 0 Å². The number of carbonyl (C=O) groups excluding carboxylic acids is 1. The van der Waals surface area contributed by atoms with Crippen LogP contribution >= 0.6 is 11.6 Å². The molecule has 0 saturated carbocycles. The second-order valence-corrected chi connectivity index (χ2v) is 4.31. The molecule has 0 aliphatic rings. The molecule has 7 heteroatoms. The van der Waals surface area contributed by atoms with E-state index in [1.807, 2.05) is 0 Å². The second kappa shape index (κ2) is 5.58. The summed E-state index contributed by atoms with van der Waals surface area (Å²) in [5.41, 5.74) is -0.434. The van der Waals surface area contributed by atoms with Crippen LogP contribution in [0.4, 0.5) is 5.69 Å². The molecule has 1 aromatic carbocycles. The Morgan fingerprint density at radius 2 is 1.95 bits per heavy atom. The fourth-order valence-electron chi connectivity index (χ4n) is 1.57. The molecule has 0 radical (unpaired) electrons. The van der Waals surface area contributed by atoms with Crippen molar-refractivity contribution in [1.29, 1.82) is 0 Å². The molecule has 6 nitrogen and oxygen atoms in total. The van der Waals surface area contributed by atoms with Crippen LogP contribution in [0.15, 0.2) is 41.2 Å². The maximum atomic E-state index is 11.9. The van der Waals surface area contributed by atoms with Crippen molar-refractivity contribution >= 4 is 29.2 Å². The summed E-state index contributed by atoms with van der Waals surface area (Å²) in [4.78, 5) is 36.5. The zero-order valence-electron chi connectivity index (χ0n) is 10.0. The normalized spacial score (nSPS) is 10.1. The van der Waals surface area contributed by atoms with Gasteiger partial charge in [0.05, 0.1) is 11.3 Å². The zero-order valence-corrected chi connectivity index (χ0v) is 10.8. The van der Waals surface area contributed by atoms with E-state index in [0.717, 1.165) is 0 Å². The Bertz CT molecular complexity index is 739. The van der Waals surface area contributed by atoms with Crippen LogP contribution in [0.25, 0.3) is 0 Å². The number of nitrogens with one attached hydrogen (secondary N) is 2. The number of benzene rings is 1. The van der Waals surface area contributed by atoms with Gasteiger partial charge in [-0.25, -0.2) is 4.79 Å². The van der Waals surface area contributed by atoms with Gasteiger partial charge in [0.1, 0.15) is 5.69 Å². The average Bonchev–Trinajstić information content (AvgIpc) is 2.40. The van der Waals surface area contributed by atoms with E-state index < -0.39 is 17.4 Å². The summed E-state index contributed by atoms with van der Waals surface area (Å²) < 4.78 is 0. The Kier molecular flexibility index (Phi) is 3.86. The lowest BCUT2D eigenvalue weighted by molar-refractivity contribution is 0.0698. The van der Waals surface area contributed by atoms with E-state index in [9.17, 15) is 14.4 Å². The number of H-pyrrole nitrogens is 1. The van der Waals surface area contributed by atoms with E-state index in [4.69, 9.17) is 16.7 Å². The Morgan fingerprint density at radius 3 is 2.60 bits per heavy atom. The molecule has 0 aliphatic heterocycles. The highest BCUT2D eigenvalue weighted by molar-refractivity contribution is 6.31. The molecule has 2 aromatic rings. The smallest absolute Gasteiger partial charge is 0.337 e. The molecule has 0 saturated heterocycles. The quantitative estimate of drug-likeness (QED) is 0.805. The summed E-state index contributed by atoms with van der Waals surface area (Å²) in [5, 5.41) is 11.7. The van der Waals surface area contributed by atoms with Crippen LogP contribution in [0.3, 0.4) is 0 Å². The van der Waals surface area contributed by atoms with Crippen LogP contribution in [-0.4, -0.2) is 22.0 Å². The van der Waals surface area contributed by atoms with Crippen molar-refractivity contribution in [3.05, 3.63) is 63.0 Å². The lowest BCUT2D eigenvalue weighted by Crippen LogP contribution is -2.19. The first-order valence-corrected chi connectivity index (χ1v) is 5.88. The van der Waals surface area contributed by atoms with Crippen LogP contribution in [0.5, 0.6) is 0 Å². The van der Waals surface area contributed by atoms with Crippen molar-refractivity contribution in [1.82, 2.24) is 4.98 Å². The molecule has 20 heavy (non-hydrogen) atoms. The van der Waals surface area contributed by atoms with Gasteiger partial charge < -0.3 is 15.4 Å². The van der Waals surface area contributed by atoms with Gasteiger partial charge in [-0.2, -0.15) is 0 Å². The minimum absolute atomic E-state index is 0.0313. The van der Waals surface area contributed by atoms with Crippen LogP contribution in [0.1, 0.15) is 20.8 Å². The maximum Gasteiger partial charge on any atom is 0.337 e. The van der Waals surface area contributed by atoms with E-state index >= 15 is 0 Å². The Labute approximate surface area is 118 Å². The number of aromatic nitrogens is 1. The molecule has 0 spiro atoms. The lowest BCUT2D eigenvalue weighted by atomic mass is 10.1. The third kappa shape index (κ3) is 3.04. The van der Waals surface area contributed by atoms with Gasteiger partial charge in [-0.05, 0) is 24.3 Å². The second-order valence-electron chi connectivity index (χ2n) is 3.88. The molecule has 102 valence electrons. The number of pyridine rings is 1. The van der Waals surface area contributed by atoms with Gasteiger partial charge in [0, 0.05) is 11.1 Å². The van der Waals surface area contributed by atoms with Gasteiger partial charge in [0.25, 0.3) is 5.91 Å². The molecule has 0 unspecified atom stereocenters. The van der Waals surface area contributed by atoms with Crippen molar-refractivity contribution in [2.24, 2.45) is 0 Å². The highest BCUT2D eigenvalue weighted by Gasteiger charge is 2.14. The summed E-state index contributed by atoms with van der Waals surface area (Å²) in [6, 6.07) is 8.16. The summed E-state index contributed by atoms with van der Waals surface area (Å²) in [7, 11) is 0. The van der Waals surface area contributed by atoms with E-state index in [2.05, 4.69) is 10.3 Å². The molecule has 1 aromatic heterocycles. The van der Waals surface area contributed by atoms with E-state index in [1.54, 1.807) is 0 Å². The molecule has 0 bridgehead atoms. The monoisotopic (exact) mass is 292 g/mol. The Hall–Kier alpha value is -2.60. The zero-order chi connectivity index (χ0) is 14.7. The van der Waals surface area contributed by atoms with Gasteiger partial charge in [0.15, 0.2) is 0 Å². The number of carbonyl (C=O) groups is 2. The first kappa shape index (κ1) is 13.8. The van der Waals surface area contributed by atoms with E-state index in [1.165, 1.54) is 36.4 Å². The van der Waals surface area contributed by atoms with Crippen LogP contribution in [0, 0.1) is 0 Å². The minimum atomic E-state index is -1.22. The summed E-state index contributed by atoms with van der Waals surface area (Å²) in [5.74, 6) is -1.84. The number of halogens is 1. The van der Waals surface area contributed by atoms with E-state index in [-0.39, 0.29) is 22.0 Å². The van der Waals surface area contributed by atoms with Gasteiger partial charge in [0.2, 0.25) is 5.56 Å². The predicted octanol–water partition coefficient (Wildman–Crippen LogP) is 1.98. The standard InChI is InChI=1S/C13H9ClN2O4/c14-7-4-5-9(8(6-7)13(19)20)16-12(18)10-2-1-3-11(17)15-10/h1-6H,(H,15,17)(H,16,18)(H,19,20). The lowest BCUT2D eigenvalue weighted by Gasteiger charge is -2.08. The highest BCUT2D eigenvalue weighted by atomic mass is 35.5. The van der Waals surface area contributed by atoms with Crippen LogP contribution in [-0.2, 0) is 0 Å². The Morgan fingerprint density at radius 1 is 1.20 bits per heavy atom. The molecular formula is C13H9ClN2O4. The number of anilines is 1. The molecular weight excluding hydrogens is 284 g/mol. The largest absolute Gasteiger partial charge is 0.478 e. The van der Waals surface area contributed by atoms with Gasteiger partial charge in [-0.1, -0.05) is 17.7 Å². The van der Waals surface area contributed by atoms with Crippen LogP contribution in [0.2, 0.25) is 5.02 Å². The number of aromatic amines is 1. The molecule has 1 heterocycles. The first-order valence-electron chi connectivity index (χ1n) is 5.51. The summed E-state index contributed by atoms with van der Waals surface area (Å²) >= 11 is 5.71. The predicted molar refractivity (Wildman–Crippen MR) is 73.4 cm³/mol. The van der Waals surface area contributed by atoms with E-state index in [0.29, 0.717) is 0 Å². The number of carboxylic acids is 1. The number of aromatic carboxylic acids is 1. The first-order chi connectivity index (χ1) is 9.47. The number of carboxylic acid groups (broad SMARTS) is 1. The number of rotatable bonds is 3. The fraction of sp³-hybridized carbons (Fsp3) is 0.